The molecule has 1 aromatic heterocycles. The average Bonchev–Trinajstić information content (AvgIpc) is 2.99. The number of rotatable bonds is 4. The number of hydrogen-bond donors (Lipinski definition) is 1. The van der Waals surface area contributed by atoms with Gasteiger partial charge in [-0.2, -0.15) is 0 Å². The van der Waals surface area contributed by atoms with Crippen LogP contribution in [0, 0.1) is 0 Å². The third-order valence-electron chi connectivity index (χ3n) is 3.57. The summed E-state index contributed by atoms with van der Waals surface area (Å²) in [5, 5.41) is 3.97. The van der Waals surface area contributed by atoms with Gasteiger partial charge in [0.05, 0.1) is 13.2 Å². The number of hydrogen-bond acceptors (Lipinski definition) is 3. The smallest absolute Gasteiger partial charge is 0.251 e. The molecule has 4 nitrogen and oxygen atoms in total. The third kappa shape index (κ3) is 2.81. The van der Waals surface area contributed by atoms with Gasteiger partial charge in [0.15, 0.2) is 0 Å². The minimum Gasteiger partial charge on any atom is -0.497 e. The first-order valence-corrected chi connectivity index (χ1v) is 7.11. The van der Waals surface area contributed by atoms with Gasteiger partial charge in [-0.15, -0.1) is 0 Å². The van der Waals surface area contributed by atoms with E-state index in [4.69, 9.17) is 9.15 Å². The van der Waals surface area contributed by atoms with E-state index in [1.807, 2.05) is 37.3 Å². The molecule has 112 valence electrons. The topological polar surface area (TPSA) is 51.5 Å². The molecule has 1 amide bonds. The fraction of sp³-hybridized carbons (Fsp3) is 0.167. The summed E-state index contributed by atoms with van der Waals surface area (Å²) in [6, 6.07) is 16.5. The van der Waals surface area contributed by atoms with Gasteiger partial charge in [0.25, 0.3) is 5.91 Å². The molecule has 2 aromatic carbocycles. The van der Waals surface area contributed by atoms with Gasteiger partial charge >= 0.3 is 0 Å². The van der Waals surface area contributed by atoms with E-state index in [1.54, 1.807) is 31.4 Å². The molecule has 1 N–H and O–H groups in total. The zero-order chi connectivity index (χ0) is 15.5. The SMILES string of the molecule is COc1ccc(C(=O)NC(C)c2cc3ccccc3o2)cc1. The van der Waals surface area contributed by atoms with E-state index in [2.05, 4.69) is 5.32 Å². The fourth-order valence-electron chi connectivity index (χ4n) is 2.31. The van der Waals surface area contributed by atoms with Crippen LogP contribution in [0.25, 0.3) is 11.0 Å². The standard InChI is InChI=1S/C18H17NO3/c1-12(17-11-14-5-3-4-6-16(14)22-17)19-18(20)13-7-9-15(21-2)10-8-13/h3-12H,1-2H3,(H,19,20). The fourth-order valence-corrected chi connectivity index (χ4v) is 2.31. The van der Waals surface area contributed by atoms with Crippen molar-refractivity contribution < 1.29 is 13.9 Å². The molecule has 0 saturated heterocycles. The lowest BCUT2D eigenvalue weighted by Crippen LogP contribution is -2.26. The first-order valence-electron chi connectivity index (χ1n) is 7.11. The molecule has 0 radical (unpaired) electrons. The van der Waals surface area contributed by atoms with Crippen LogP contribution in [0.3, 0.4) is 0 Å². The summed E-state index contributed by atoms with van der Waals surface area (Å²) in [5.74, 6) is 1.32. The maximum Gasteiger partial charge on any atom is 0.251 e. The van der Waals surface area contributed by atoms with Crippen molar-refractivity contribution in [2.45, 2.75) is 13.0 Å². The zero-order valence-electron chi connectivity index (χ0n) is 12.5. The summed E-state index contributed by atoms with van der Waals surface area (Å²) in [7, 11) is 1.60. The molecule has 3 rings (SSSR count). The zero-order valence-corrected chi connectivity index (χ0v) is 12.5. The van der Waals surface area contributed by atoms with Crippen molar-refractivity contribution in [1.82, 2.24) is 5.32 Å². The van der Waals surface area contributed by atoms with Gasteiger partial charge in [-0.3, -0.25) is 4.79 Å². The Hall–Kier alpha value is -2.75. The van der Waals surface area contributed by atoms with Crippen LogP contribution in [0.4, 0.5) is 0 Å². The molecule has 0 spiro atoms. The van der Waals surface area contributed by atoms with Crippen molar-refractivity contribution in [1.29, 1.82) is 0 Å². The Kier molecular flexibility index (Phi) is 3.83. The lowest BCUT2D eigenvalue weighted by molar-refractivity contribution is 0.0935. The van der Waals surface area contributed by atoms with E-state index in [9.17, 15) is 4.79 Å². The van der Waals surface area contributed by atoms with E-state index in [1.165, 1.54) is 0 Å². The molecule has 0 aliphatic carbocycles. The van der Waals surface area contributed by atoms with Gasteiger partial charge in [0, 0.05) is 10.9 Å². The Morgan fingerprint density at radius 3 is 2.55 bits per heavy atom. The Morgan fingerprint density at radius 2 is 1.86 bits per heavy atom. The van der Waals surface area contributed by atoms with Gasteiger partial charge in [-0.25, -0.2) is 0 Å². The molecule has 1 atom stereocenters. The van der Waals surface area contributed by atoms with Crippen LogP contribution >= 0.6 is 0 Å². The van der Waals surface area contributed by atoms with Gasteiger partial charge in [0.2, 0.25) is 0 Å². The maximum atomic E-state index is 12.2. The maximum absolute atomic E-state index is 12.2. The van der Waals surface area contributed by atoms with Gasteiger partial charge in [0.1, 0.15) is 17.1 Å². The Morgan fingerprint density at radius 1 is 1.14 bits per heavy atom. The molecular formula is C18H17NO3. The lowest BCUT2D eigenvalue weighted by Gasteiger charge is -2.11. The molecule has 1 heterocycles. The van der Waals surface area contributed by atoms with Crippen LogP contribution in [0.2, 0.25) is 0 Å². The summed E-state index contributed by atoms with van der Waals surface area (Å²) < 4.78 is 10.9. The largest absolute Gasteiger partial charge is 0.497 e. The minimum atomic E-state index is -0.206. The lowest BCUT2D eigenvalue weighted by atomic mass is 10.1. The molecule has 1 unspecified atom stereocenters. The van der Waals surface area contributed by atoms with Crippen molar-refractivity contribution >= 4 is 16.9 Å². The second-order valence-corrected chi connectivity index (χ2v) is 5.11. The summed E-state index contributed by atoms with van der Waals surface area (Å²) >= 11 is 0. The predicted molar refractivity (Wildman–Crippen MR) is 85.1 cm³/mol. The summed E-state index contributed by atoms with van der Waals surface area (Å²) in [6.45, 7) is 1.90. The van der Waals surface area contributed by atoms with E-state index in [0.717, 1.165) is 22.5 Å². The predicted octanol–water partition coefficient (Wildman–Crippen LogP) is 3.93. The molecule has 4 heteroatoms. The first-order chi connectivity index (χ1) is 10.7. The Bertz CT molecular complexity index is 756. The van der Waals surface area contributed by atoms with Gasteiger partial charge in [-0.1, -0.05) is 18.2 Å². The van der Waals surface area contributed by atoms with Crippen molar-refractivity contribution in [3.05, 3.63) is 65.9 Å². The number of carbonyl (C=O) groups excluding carboxylic acids is 1. The van der Waals surface area contributed by atoms with E-state index < -0.39 is 0 Å². The normalized spacial score (nSPS) is 12.1. The Balaban J connectivity index is 1.74. The molecule has 0 bridgehead atoms. The molecule has 22 heavy (non-hydrogen) atoms. The molecular weight excluding hydrogens is 278 g/mol. The second-order valence-electron chi connectivity index (χ2n) is 5.11. The number of methoxy groups -OCH3 is 1. The highest BCUT2D eigenvalue weighted by molar-refractivity contribution is 5.94. The average molecular weight is 295 g/mol. The number of benzene rings is 2. The van der Waals surface area contributed by atoms with Crippen LogP contribution < -0.4 is 10.1 Å². The van der Waals surface area contributed by atoms with Gasteiger partial charge < -0.3 is 14.5 Å². The van der Waals surface area contributed by atoms with Crippen molar-refractivity contribution in [2.24, 2.45) is 0 Å². The molecule has 0 aliphatic heterocycles. The first kappa shape index (κ1) is 14.2. The van der Waals surface area contributed by atoms with E-state index >= 15 is 0 Å². The van der Waals surface area contributed by atoms with E-state index in [-0.39, 0.29) is 11.9 Å². The van der Waals surface area contributed by atoms with Crippen LogP contribution in [-0.4, -0.2) is 13.0 Å². The number of nitrogens with one attached hydrogen (secondary N) is 1. The molecule has 0 fully saturated rings. The number of amides is 1. The number of ether oxygens (including phenoxy) is 1. The summed E-state index contributed by atoms with van der Waals surface area (Å²) in [5.41, 5.74) is 1.41. The highest BCUT2D eigenvalue weighted by Gasteiger charge is 2.15. The number of fused-ring (bicyclic) bond motifs is 1. The second kappa shape index (κ2) is 5.93. The summed E-state index contributed by atoms with van der Waals surface area (Å²) in [6.07, 6.45) is 0. The van der Waals surface area contributed by atoms with Gasteiger partial charge in [-0.05, 0) is 43.3 Å². The van der Waals surface area contributed by atoms with Crippen molar-refractivity contribution in [2.75, 3.05) is 7.11 Å². The highest BCUT2D eigenvalue weighted by atomic mass is 16.5. The van der Waals surface area contributed by atoms with Crippen LogP contribution in [0.15, 0.2) is 59.0 Å². The van der Waals surface area contributed by atoms with Crippen LogP contribution in [0.1, 0.15) is 29.1 Å². The molecule has 0 aliphatic rings. The van der Waals surface area contributed by atoms with Crippen LogP contribution in [-0.2, 0) is 0 Å². The van der Waals surface area contributed by atoms with E-state index in [0.29, 0.717) is 5.56 Å². The Labute approximate surface area is 128 Å². The third-order valence-corrected chi connectivity index (χ3v) is 3.57. The minimum absolute atomic E-state index is 0.143. The molecule has 3 aromatic rings. The monoisotopic (exact) mass is 295 g/mol. The van der Waals surface area contributed by atoms with Crippen molar-refractivity contribution in [3.8, 4) is 5.75 Å². The number of furan rings is 1. The number of para-hydroxylation sites is 1. The highest BCUT2D eigenvalue weighted by Crippen LogP contribution is 2.23. The quantitative estimate of drug-likeness (QED) is 0.793. The summed E-state index contributed by atoms with van der Waals surface area (Å²) in [4.78, 5) is 12.2. The van der Waals surface area contributed by atoms with Crippen molar-refractivity contribution in [3.63, 3.8) is 0 Å². The van der Waals surface area contributed by atoms with Crippen LogP contribution in [0.5, 0.6) is 5.75 Å². The molecule has 0 saturated carbocycles. The number of carbonyl (C=O) groups is 1.